The molecule has 0 radical (unpaired) electrons. The zero-order chi connectivity index (χ0) is 19.0. The predicted octanol–water partition coefficient (Wildman–Crippen LogP) is 1.02. The van der Waals surface area contributed by atoms with Crippen LogP contribution in [-0.4, -0.2) is 41.5 Å². The van der Waals surface area contributed by atoms with Crippen LogP contribution in [0.4, 0.5) is 0 Å². The smallest absolute Gasteiger partial charge is 0.298 e. The molecule has 0 bridgehead atoms. The van der Waals surface area contributed by atoms with Crippen molar-refractivity contribution in [1.29, 1.82) is 0 Å². The van der Waals surface area contributed by atoms with E-state index in [1.807, 2.05) is 0 Å². The summed E-state index contributed by atoms with van der Waals surface area (Å²) in [6.45, 7) is 0. The first kappa shape index (κ1) is 19.3. The van der Waals surface area contributed by atoms with Crippen LogP contribution in [0.1, 0.15) is 0 Å². The van der Waals surface area contributed by atoms with Crippen molar-refractivity contribution in [3.05, 3.63) is 42.5 Å². The second kappa shape index (κ2) is 6.38. The van der Waals surface area contributed by atoms with Crippen molar-refractivity contribution in [2.45, 2.75) is 19.6 Å². The molecule has 0 spiro atoms. The van der Waals surface area contributed by atoms with E-state index >= 15 is 0 Å². The molecule has 0 aliphatic heterocycles. The summed E-state index contributed by atoms with van der Waals surface area (Å²) in [5.74, 6) is -0.270. The fourth-order valence-corrected chi connectivity index (χ4v) is 4.65. The van der Waals surface area contributed by atoms with Crippen LogP contribution in [0.15, 0.2) is 62.0 Å². The molecule has 0 unspecified atom stereocenters. The molecule has 2 aromatic carbocycles. The quantitative estimate of drug-likeness (QED) is 0.690. The molecule has 2 rings (SSSR count). The number of methoxy groups -OCH3 is 1. The van der Waals surface area contributed by atoms with Gasteiger partial charge in [0.05, 0.1) is 21.8 Å². The van der Waals surface area contributed by atoms with E-state index in [0.717, 1.165) is 43.5 Å². The van der Waals surface area contributed by atoms with Crippen LogP contribution in [0.25, 0.3) is 0 Å². The molecule has 9 nitrogen and oxygen atoms in total. The van der Waals surface area contributed by atoms with Crippen molar-refractivity contribution in [3.63, 3.8) is 0 Å². The molecule has 0 amide bonds. The van der Waals surface area contributed by atoms with Gasteiger partial charge in [-0.1, -0.05) is 6.07 Å². The van der Waals surface area contributed by atoms with Gasteiger partial charge in [0.1, 0.15) is 10.6 Å². The summed E-state index contributed by atoms with van der Waals surface area (Å²) in [5.41, 5.74) is 0. The molecule has 25 heavy (non-hydrogen) atoms. The summed E-state index contributed by atoms with van der Waals surface area (Å²) in [4.78, 5) is -2.42. The highest BCUT2D eigenvalue weighted by Gasteiger charge is 2.25. The molecule has 0 aliphatic carbocycles. The maximum atomic E-state index is 12.6. The minimum absolute atomic E-state index is 0.270. The maximum absolute atomic E-state index is 12.6. The molecule has 0 atom stereocenters. The Labute approximate surface area is 144 Å². The van der Waals surface area contributed by atoms with E-state index in [-0.39, 0.29) is 5.75 Å². The van der Waals surface area contributed by atoms with E-state index < -0.39 is 49.7 Å². The van der Waals surface area contributed by atoms with Crippen LogP contribution >= 0.6 is 0 Å². The standard InChI is InChI=1S/C13H12O9S3/c1-22-12-6-5-10(8-13(12)25(19,20)21)23(14,15)9-3-2-4-11(7-9)24(16,17)18/h2-8H,1H3,(H,16,17,18)(H,19,20,21). The summed E-state index contributed by atoms with van der Waals surface area (Å²) in [6.07, 6.45) is 0. The minimum Gasteiger partial charge on any atom is -0.495 e. The van der Waals surface area contributed by atoms with Gasteiger partial charge in [0.25, 0.3) is 20.2 Å². The summed E-state index contributed by atoms with van der Waals surface area (Å²) >= 11 is 0. The number of rotatable bonds is 5. The van der Waals surface area contributed by atoms with E-state index in [2.05, 4.69) is 0 Å². The van der Waals surface area contributed by atoms with Gasteiger partial charge < -0.3 is 4.74 Å². The summed E-state index contributed by atoms with van der Waals surface area (Å²) in [6, 6.07) is 6.63. The Morgan fingerprint density at radius 2 is 1.32 bits per heavy atom. The fraction of sp³-hybridized carbons (Fsp3) is 0.0769. The Kier molecular flexibility index (Phi) is 4.94. The van der Waals surface area contributed by atoms with Gasteiger partial charge in [-0.25, -0.2) is 8.42 Å². The number of sulfone groups is 1. The summed E-state index contributed by atoms with van der Waals surface area (Å²) < 4.78 is 93.2. The summed E-state index contributed by atoms with van der Waals surface area (Å²) in [5, 5.41) is 0. The van der Waals surface area contributed by atoms with Gasteiger partial charge in [-0.2, -0.15) is 16.8 Å². The number of ether oxygens (including phenoxy) is 1. The lowest BCUT2D eigenvalue weighted by Crippen LogP contribution is -2.07. The lowest BCUT2D eigenvalue weighted by Gasteiger charge is -2.10. The van der Waals surface area contributed by atoms with Gasteiger partial charge in [-0.15, -0.1) is 0 Å². The molecule has 0 heterocycles. The van der Waals surface area contributed by atoms with Crippen molar-refractivity contribution in [2.24, 2.45) is 0 Å². The first-order valence-corrected chi connectivity index (χ1v) is 10.7. The predicted molar refractivity (Wildman–Crippen MR) is 84.5 cm³/mol. The first-order valence-electron chi connectivity index (χ1n) is 6.35. The Morgan fingerprint density at radius 3 is 1.84 bits per heavy atom. The Morgan fingerprint density at radius 1 is 0.760 bits per heavy atom. The second-order valence-corrected chi connectivity index (χ2v) is 9.50. The van der Waals surface area contributed by atoms with Crippen LogP contribution in [0, 0.1) is 0 Å². The van der Waals surface area contributed by atoms with Crippen LogP contribution in [0.2, 0.25) is 0 Å². The first-order chi connectivity index (χ1) is 11.4. The molecule has 0 saturated heterocycles. The molecule has 2 N–H and O–H groups in total. The normalized spacial score (nSPS) is 12.8. The molecular formula is C13H12O9S3. The maximum Gasteiger partial charge on any atom is 0.298 e. The molecule has 0 aromatic heterocycles. The molecule has 0 saturated carbocycles. The number of benzene rings is 2. The Balaban J connectivity index is 2.70. The van der Waals surface area contributed by atoms with E-state index in [9.17, 15) is 29.8 Å². The number of hydrogen-bond acceptors (Lipinski definition) is 7. The van der Waals surface area contributed by atoms with Crippen molar-refractivity contribution < 1.29 is 39.1 Å². The van der Waals surface area contributed by atoms with Crippen LogP contribution in [-0.2, 0) is 30.1 Å². The van der Waals surface area contributed by atoms with Gasteiger partial charge in [0.2, 0.25) is 9.84 Å². The number of hydrogen-bond donors (Lipinski definition) is 2. The Hall–Kier alpha value is -1.99. The molecule has 12 heteroatoms. The summed E-state index contributed by atoms with van der Waals surface area (Å²) in [7, 11) is -12.6. The highest BCUT2D eigenvalue weighted by molar-refractivity contribution is 7.91. The third-order valence-electron chi connectivity index (χ3n) is 3.14. The fourth-order valence-electron chi connectivity index (χ4n) is 1.96. The van der Waals surface area contributed by atoms with Crippen molar-refractivity contribution in [3.8, 4) is 5.75 Å². The molecule has 0 aliphatic rings. The van der Waals surface area contributed by atoms with E-state index in [1.54, 1.807) is 0 Å². The largest absolute Gasteiger partial charge is 0.495 e. The van der Waals surface area contributed by atoms with Gasteiger partial charge in [0.15, 0.2) is 0 Å². The van der Waals surface area contributed by atoms with Gasteiger partial charge in [-0.05, 0) is 36.4 Å². The van der Waals surface area contributed by atoms with E-state index in [1.165, 1.54) is 0 Å². The van der Waals surface area contributed by atoms with Crippen molar-refractivity contribution in [2.75, 3.05) is 7.11 Å². The highest BCUT2D eigenvalue weighted by atomic mass is 32.2. The minimum atomic E-state index is -4.77. The van der Waals surface area contributed by atoms with E-state index in [4.69, 9.17) is 9.29 Å². The second-order valence-electron chi connectivity index (χ2n) is 4.74. The molecular weight excluding hydrogens is 396 g/mol. The highest BCUT2D eigenvalue weighted by Crippen LogP contribution is 2.30. The van der Waals surface area contributed by atoms with Crippen LogP contribution in [0.3, 0.4) is 0 Å². The topological polar surface area (TPSA) is 152 Å². The Bertz CT molecular complexity index is 1130. The SMILES string of the molecule is COc1ccc(S(=O)(=O)c2cccc(S(=O)(=O)O)c2)cc1S(=O)(=O)O. The van der Waals surface area contributed by atoms with Gasteiger partial charge in [-0.3, -0.25) is 9.11 Å². The lowest BCUT2D eigenvalue weighted by atomic mass is 10.3. The van der Waals surface area contributed by atoms with Crippen LogP contribution < -0.4 is 4.74 Å². The van der Waals surface area contributed by atoms with Crippen molar-refractivity contribution in [1.82, 2.24) is 0 Å². The molecule has 136 valence electrons. The van der Waals surface area contributed by atoms with Gasteiger partial charge >= 0.3 is 0 Å². The van der Waals surface area contributed by atoms with Gasteiger partial charge in [0, 0.05) is 0 Å². The monoisotopic (exact) mass is 408 g/mol. The third-order valence-corrected chi connectivity index (χ3v) is 6.61. The van der Waals surface area contributed by atoms with E-state index in [0.29, 0.717) is 6.07 Å². The molecule has 2 aromatic rings. The zero-order valence-electron chi connectivity index (χ0n) is 12.5. The average molecular weight is 408 g/mol. The molecule has 0 fully saturated rings. The third kappa shape index (κ3) is 3.99. The van der Waals surface area contributed by atoms with Crippen molar-refractivity contribution >= 4 is 30.1 Å². The lowest BCUT2D eigenvalue weighted by molar-refractivity contribution is 0.397. The zero-order valence-corrected chi connectivity index (χ0v) is 15.0. The van der Waals surface area contributed by atoms with Crippen LogP contribution in [0.5, 0.6) is 5.75 Å². The average Bonchev–Trinajstić information content (AvgIpc) is 2.52.